The van der Waals surface area contributed by atoms with Gasteiger partial charge in [-0.2, -0.15) is 0 Å². The summed E-state index contributed by atoms with van der Waals surface area (Å²) in [5, 5.41) is 0. The molecule has 0 fully saturated rings. The van der Waals surface area contributed by atoms with Crippen LogP contribution in [0.4, 0.5) is 0 Å². The van der Waals surface area contributed by atoms with Crippen molar-refractivity contribution < 1.29 is 52.4 Å². The minimum atomic E-state index is -0.924. The zero-order chi connectivity index (χ0) is 37.8. The summed E-state index contributed by atoms with van der Waals surface area (Å²) in [4.78, 5) is 62.1. The van der Waals surface area contributed by atoms with Gasteiger partial charge in [-0.25, -0.2) is 24.0 Å². The van der Waals surface area contributed by atoms with Crippen molar-refractivity contribution >= 4 is 35.4 Å². The first-order chi connectivity index (χ1) is 24.1. The first-order valence-electron chi connectivity index (χ1n) is 16.0. The number of allylic oxidation sites excluding steroid dienone is 5. The summed E-state index contributed by atoms with van der Waals surface area (Å²) in [6, 6.07) is 6.56. The molecular weight excluding hydrogens is 656 g/mol. The molecule has 2 aliphatic rings. The summed E-state index contributed by atoms with van der Waals surface area (Å²) in [6.07, 6.45) is 5.90. The molecule has 0 spiro atoms. The maximum Gasteiger partial charge on any atom is 0.339 e. The van der Waals surface area contributed by atoms with E-state index < -0.39 is 36.0 Å². The number of hydrogen-bond acceptors (Lipinski definition) is 11. The quantitative estimate of drug-likeness (QED) is 0.0615. The fourth-order valence-electron chi connectivity index (χ4n) is 4.59. The van der Waals surface area contributed by atoms with Crippen molar-refractivity contribution in [1.82, 2.24) is 0 Å². The van der Waals surface area contributed by atoms with Crippen molar-refractivity contribution in [3.63, 3.8) is 0 Å². The molecule has 0 amide bonds. The first kappa shape index (κ1) is 39.5. The summed E-state index contributed by atoms with van der Waals surface area (Å²) < 4.78 is 33.2. The Bertz CT molecular complexity index is 1810. The van der Waals surface area contributed by atoms with Crippen LogP contribution < -0.4 is 4.74 Å². The van der Waals surface area contributed by atoms with E-state index in [4.69, 9.17) is 28.4 Å². The standard InChI is InChI=1S/C40H42O11/c1-10-36(41)49-34-21-32(29-13-15-30(16-14-29)46-19-20-47-37(42)23(2)3)33(50-39(44)25(6)7)22-35(34)51-40(45)27(9)26(8)28-11-17-31(18-12-28)48-38(43)24(4)5/h10-13,15,17-18,21,33H,1-2,4,6,14,16,19-20,22H2,3,5,7-9H3/b27-26+. The van der Waals surface area contributed by atoms with Crippen molar-refractivity contribution in [2.75, 3.05) is 13.2 Å². The third kappa shape index (κ3) is 11.3. The summed E-state index contributed by atoms with van der Waals surface area (Å²) in [5.74, 6) is -2.35. The second kappa shape index (κ2) is 18.1. The van der Waals surface area contributed by atoms with Gasteiger partial charge in [0.2, 0.25) is 0 Å². The highest BCUT2D eigenvalue weighted by atomic mass is 16.6. The van der Waals surface area contributed by atoms with E-state index in [-0.39, 0.29) is 47.9 Å². The van der Waals surface area contributed by atoms with Crippen LogP contribution in [0.2, 0.25) is 0 Å². The number of ether oxygens (including phenoxy) is 6. The Morgan fingerprint density at radius 1 is 0.765 bits per heavy atom. The third-order valence-electron chi connectivity index (χ3n) is 7.62. The molecule has 0 N–H and O–H groups in total. The Labute approximate surface area is 297 Å². The SMILES string of the molecule is C=CC(=O)OC1=C(OC(=O)/C(C)=C(\C)c2ccc(OC(=O)C(=C)C)cc2)CC(OC(=O)C(=C)C)C(C2=CC=C(OCCOC(=O)C(=C)C)CC2)=C1. The highest BCUT2D eigenvalue weighted by molar-refractivity contribution is 5.97. The molecule has 0 saturated carbocycles. The Hall–Kier alpha value is -5.97. The van der Waals surface area contributed by atoms with E-state index in [2.05, 4.69) is 26.3 Å². The van der Waals surface area contributed by atoms with E-state index in [0.29, 0.717) is 46.6 Å². The van der Waals surface area contributed by atoms with Gasteiger partial charge in [0.15, 0.2) is 11.5 Å². The van der Waals surface area contributed by atoms with Gasteiger partial charge in [-0.05, 0) is 87.6 Å². The van der Waals surface area contributed by atoms with Crippen LogP contribution in [0.15, 0.2) is 126 Å². The summed E-state index contributed by atoms with van der Waals surface area (Å²) in [5.41, 5.74) is 3.49. The smallest absolute Gasteiger partial charge is 0.339 e. The van der Waals surface area contributed by atoms with Crippen LogP contribution in [-0.4, -0.2) is 49.2 Å². The monoisotopic (exact) mass is 698 g/mol. The lowest BCUT2D eigenvalue weighted by Crippen LogP contribution is -2.28. The van der Waals surface area contributed by atoms with Gasteiger partial charge in [0.1, 0.15) is 25.1 Å². The van der Waals surface area contributed by atoms with Crippen molar-refractivity contribution in [1.29, 1.82) is 0 Å². The second-order valence-electron chi connectivity index (χ2n) is 11.8. The molecule has 1 unspecified atom stereocenters. The normalized spacial score (nSPS) is 15.8. The largest absolute Gasteiger partial charge is 0.494 e. The predicted molar refractivity (Wildman–Crippen MR) is 189 cm³/mol. The number of benzene rings is 1. The minimum absolute atomic E-state index is 0.0343. The van der Waals surface area contributed by atoms with Gasteiger partial charge in [-0.3, -0.25) is 0 Å². The number of carbonyl (C=O) groups is 5. The molecule has 1 aromatic rings. The Morgan fingerprint density at radius 2 is 1.41 bits per heavy atom. The van der Waals surface area contributed by atoms with Gasteiger partial charge in [0.25, 0.3) is 0 Å². The molecular formula is C40H42O11. The second-order valence-corrected chi connectivity index (χ2v) is 11.8. The average molecular weight is 699 g/mol. The molecule has 1 aromatic carbocycles. The lowest BCUT2D eigenvalue weighted by molar-refractivity contribution is -0.144. The highest BCUT2D eigenvalue weighted by Gasteiger charge is 2.33. The number of hydrogen-bond donors (Lipinski definition) is 0. The number of esters is 5. The molecule has 0 aliphatic heterocycles. The molecule has 0 aromatic heterocycles. The van der Waals surface area contributed by atoms with Crippen LogP contribution in [0.3, 0.4) is 0 Å². The van der Waals surface area contributed by atoms with Crippen molar-refractivity contribution in [3.8, 4) is 5.75 Å². The van der Waals surface area contributed by atoms with Crippen LogP contribution >= 0.6 is 0 Å². The zero-order valence-electron chi connectivity index (χ0n) is 29.6. The van der Waals surface area contributed by atoms with Crippen molar-refractivity contribution in [2.45, 2.75) is 60.0 Å². The molecule has 268 valence electrons. The summed E-state index contributed by atoms with van der Waals surface area (Å²) in [7, 11) is 0. The fourth-order valence-corrected chi connectivity index (χ4v) is 4.59. The fraction of sp³-hybridized carbons (Fsp3) is 0.275. The lowest BCUT2D eigenvalue weighted by Gasteiger charge is -2.29. The molecule has 0 bridgehead atoms. The van der Waals surface area contributed by atoms with E-state index in [0.717, 1.165) is 11.6 Å². The molecule has 0 radical (unpaired) electrons. The average Bonchev–Trinajstić information content (AvgIpc) is 3.10. The maximum absolute atomic E-state index is 13.5. The van der Waals surface area contributed by atoms with Crippen molar-refractivity contribution in [3.05, 3.63) is 131 Å². The zero-order valence-corrected chi connectivity index (χ0v) is 29.6. The van der Waals surface area contributed by atoms with E-state index in [1.54, 1.807) is 64.1 Å². The highest BCUT2D eigenvalue weighted by Crippen LogP contribution is 2.37. The van der Waals surface area contributed by atoms with Crippen molar-refractivity contribution in [2.24, 2.45) is 0 Å². The molecule has 1 atom stereocenters. The summed E-state index contributed by atoms with van der Waals surface area (Å²) in [6.45, 7) is 22.4. The Morgan fingerprint density at radius 3 is 1.98 bits per heavy atom. The van der Waals surface area contributed by atoms with E-state index in [9.17, 15) is 24.0 Å². The lowest BCUT2D eigenvalue weighted by atomic mass is 9.87. The van der Waals surface area contributed by atoms with E-state index in [1.165, 1.54) is 13.0 Å². The molecule has 0 heterocycles. The minimum Gasteiger partial charge on any atom is -0.494 e. The van der Waals surface area contributed by atoms with Gasteiger partial charge < -0.3 is 28.4 Å². The molecule has 11 nitrogen and oxygen atoms in total. The van der Waals surface area contributed by atoms with Gasteiger partial charge in [0, 0.05) is 34.8 Å². The maximum atomic E-state index is 13.5. The molecule has 11 heteroatoms. The summed E-state index contributed by atoms with van der Waals surface area (Å²) >= 11 is 0. The Kier molecular flexibility index (Phi) is 14.0. The van der Waals surface area contributed by atoms with Crippen LogP contribution in [0.5, 0.6) is 5.75 Å². The van der Waals surface area contributed by atoms with Crippen LogP contribution in [0.1, 0.15) is 59.4 Å². The van der Waals surface area contributed by atoms with Gasteiger partial charge in [-0.1, -0.05) is 44.5 Å². The van der Waals surface area contributed by atoms with Crippen LogP contribution in [0, 0.1) is 0 Å². The molecule has 2 aliphatic carbocycles. The van der Waals surface area contributed by atoms with Gasteiger partial charge >= 0.3 is 29.8 Å². The van der Waals surface area contributed by atoms with E-state index >= 15 is 0 Å². The Balaban J connectivity index is 1.92. The molecule has 0 saturated heterocycles. The van der Waals surface area contributed by atoms with Crippen LogP contribution in [-0.2, 0) is 47.7 Å². The molecule has 3 rings (SSSR count). The number of rotatable bonds is 15. The van der Waals surface area contributed by atoms with Gasteiger partial charge in [-0.15, -0.1) is 0 Å². The van der Waals surface area contributed by atoms with E-state index in [1.807, 2.05) is 0 Å². The third-order valence-corrected chi connectivity index (χ3v) is 7.62. The topological polar surface area (TPSA) is 141 Å². The predicted octanol–water partition coefficient (Wildman–Crippen LogP) is 7.00. The number of carbonyl (C=O) groups excluding carboxylic acids is 5. The van der Waals surface area contributed by atoms with Gasteiger partial charge in [0.05, 0.1) is 12.2 Å². The first-order valence-corrected chi connectivity index (χ1v) is 16.0. The molecule has 51 heavy (non-hydrogen) atoms. The van der Waals surface area contributed by atoms with Crippen LogP contribution in [0.25, 0.3) is 5.57 Å².